The van der Waals surface area contributed by atoms with E-state index in [-0.39, 0.29) is 0 Å². The Kier molecular flexibility index (Phi) is 3.32. The number of aryl methyl sites for hydroxylation is 1. The van der Waals surface area contributed by atoms with E-state index in [4.69, 9.17) is 4.42 Å². The van der Waals surface area contributed by atoms with Gasteiger partial charge in [-0.25, -0.2) is 4.98 Å². The van der Waals surface area contributed by atoms with Crippen LogP contribution in [-0.4, -0.2) is 4.98 Å². The van der Waals surface area contributed by atoms with Crippen molar-refractivity contribution in [3.8, 4) is 11.5 Å². The molecule has 0 radical (unpaired) electrons. The lowest BCUT2D eigenvalue weighted by Gasteiger charge is -1.97. The summed E-state index contributed by atoms with van der Waals surface area (Å²) in [6, 6.07) is 16.3. The average molecular weight is 251 g/mol. The van der Waals surface area contributed by atoms with E-state index in [2.05, 4.69) is 24.0 Å². The molecule has 0 bridgehead atoms. The van der Waals surface area contributed by atoms with Gasteiger partial charge in [-0.05, 0) is 42.7 Å². The minimum Gasteiger partial charge on any atom is -0.436 e. The molecule has 0 spiro atoms. The lowest BCUT2D eigenvalue weighted by atomic mass is 10.1. The third-order valence-electron chi connectivity index (χ3n) is 3.29. The van der Waals surface area contributed by atoms with Gasteiger partial charge in [-0.1, -0.05) is 37.6 Å². The molecule has 3 aromatic rings. The van der Waals surface area contributed by atoms with Crippen LogP contribution in [0.3, 0.4) is 0 Å². The zero-order valence-electron chi connectivity index (χ0n) is 11.1. The maximum atomic E-state index is 5.80. The molecule has 1 heterocycles. The minimum absolute atomic E-state index is 0.697. The summed E-state index contributed by atoms with van der Waals surface area (Å²) >= 11 is 0. The predicted octanol–water partition coefficient (Wildman–Crippen LogP) is 4.84. The van der Waals surface area contributed by atoms with Crippen molar-refractivity contribution >= 4 is 11.1 Å². The van der Waals surface area contributed by atoms with E-state index >= 15 is 0 Å². The molecule has 0 N–H and O–H groups in total. The summed E-state index contributed by atoms with van der Waals surface area (Å²) in [4.78, 5) is 4.59. The summed E-state index contributed by atoms with van der Waals surface area (Å²) < 4.78 is 5.80. The molecule has 0 saturated carbocycles. The molecule has 2 heteroatoms. The van der Waals surface area contributed by atoms with E-state index in [1.807, 2.05) is 36.4 Å². The molecule has 19 heavy (non-hydrogen) atoms. The van der Waals surface area contributed by atoms with Gasteiger partial charge < -0.3 is 4.42 Å². The second kappa shape index (κ2) is 5.27. The van der Waals surface area contributed by atoms with Gasteiger partial charge >= 0.3 is 0 Å². The van der Waals surface area contributed by atoms with Crippen LogP contribution in [0, 0.1) is 0 Å². The highest BCUT2D eigenvalue weighted by Gasteiger charge is 2.08. The van der Waals surface area contributed by atoms with E-state index < -0.39 is 0 Å². The molecule has 3 rings (SSSR count). The second-order valence-corrected chi connectivity index (χ2v) is 4.79. The molecule has 2 nitrogen and oxygen atoms in total. The molecule has 0 aliphatic heterocycles. The lowest BCUT2D eigenvalue weighted by molar-refractivity contribution is 0.619. The fraction of sp³-hybridized carbons (Fsp3) is 0.235. The summed E-state index contributed by atoms with van der Waals surface area (Å²) in [5, 5.41) is 0. The highest BCUT2D eigenvalue weighted by atomic mass is 16.3. The molecular weight excluding hydrogens is 234 g/mol. The first kappa shape index (κ1) is 12.0. The molecule has 2 aromatic carbocycles. The van der Waals surface area contributed by atoms with Gasteiger partial charge in [-0.2, -0.15) is 0 Å². The largest absolute Gasteiger partial charge is 0.436 e. The molecule has 0 aliphatic rings. The van der Waals surface area contributed by atoms with Crippen LogP contribution in [0.15, 0.2) is 52.9 Å². The van der Waals surface area contributed by atoms with E-state index in [1.165, 1.54) is 18.4 Å². The highest BCUT2D eigenvalue weighted by molar-refractivity contribution is 5.76. The topological polar surface area (TPSA) is 26.0 Å². The first-order valence-electron chi connectivity index (χ1n) is 6.81. The van der Waals surface area contributed by atoms with Crippen molar-refractivity contribution in [1.82, 2.24) is 4.98 Å². The number of hydrogen-bond acceptors (Lipinski definition) is 2. The molecule has 0 fully saturated rings. The third-order valence-corrected chi connectivity index (χ3v) is 3.29. The van der Waals surface area contributed by atoms with Gasteiger partial charge in [0, 0.05) is 5.56 Å². The Morgan fingerprint density at radius 1 is 1.05 bits per heavy atom. The van der Waals surface area contributed by atoms with Gasteiger partial charge in [-0.3, -0.25) is 0 Å². The Labute approximate surface area is 113 Å². The summed E-state index contributed by atoms with van der Waals surface area (Å²) in [6.07, 6.45) is 3.54. The molecule has 96 valence electrons. The van der Waals surface area contributed by atoms with Crippen molar-refractivity contribution in [2.24, 2.45) is 0 Å². The van der Waals surface area contributed by atoms with Crippen LogP contribution < -0.4 is 0 Å². The number of rotatable bonds is 4. The Morgan fingerprint density at radius 2 is 1.89 bits per heavy atom. The van der Waals surface area contributed by atoms with Gasteiger partial charge in [0.1, 0.15) is 5.52 Å². The van der Waals surface area contributed by atoms with E-state index in [0.29, 0.717) is 5.89 Å². The summed E-state index contributed by atoms with van der Waals surface area (Å²) in [6.45, 7) is 2.21. The fourth-order valence-electron chi connectivity index (χ4n) is 2.21. The number of hydrogen-bond donors (Lipinski definition) is 0. The molecule has 0 saturated heterocycles. The quantitative estimate of drug-likeness (QED) is 0.663. The monoisotopic (exact) mass is 251 g/mol. The number of unbranched alkanes of at least 4 members (excludes halogenated alkanes) is 1. The molecule has 0 aliphatic carbocycles. The third kappa shape index (κ3) is 2.53. The highest BCUT2D eigenvalue weighted by Crippen LogP contribution is 2.25. The van der Waals surface area contributed by atoms with Crippen LogP contribution in [0.4, 0.5) is 0 Å². The van der Waals surface area contributed by atoms with E-state index in [0.717, 1.165) is 23.1 Å². The first-order chi connectivity index (χ1) is 9.36. The molecular formula is C17H17NO. The van der Waals surface area contributed by atoms with Crippen molar-refractivity contribution in [2.45, 2.75) is 26.2 Å². The average Bonchev–Trinajstić information content (AvgIpc) is 2.89. The Hall–Kier alpha value is -2.09. The van der Waals surface area contributed by atoms with Crippen LogP contribution in [0.5, 0.6) is 0 Å². The number of nitrogens with zero attached hydrogens (tertiary/aromatic N) is 1. The predicted molar refractivity (Wildman–Crippen MR) is 78.1 cm³/mol. The molecule has 0 amide bonds. The van der Waals surface area contributed by atoms with Crippen LogP contribution in [0.1, 0.15) is 25.3 Å². The fourth-order valence-corrected chi connectivity index (χ4v) is 2.21. The summed E-state index contributed by atoms with van der Waals surface area (Å²) in [7, 11) is 0. The van der Waals surface area contributed by atoms with Crippen LogP contribution in [0.2, 0.25) is 0 Å². The number of oxazole rings is 1. The Morgan fingerprint density at radius 3 is 2.68 bits per heavy atom. The normalized spacial score (nSPS) is 11.0. The molecule has 0 atom stereocenters. The number of fused-ring (bicyclic) bond motifs is 1. The standard InChI is InChI=1S/C17H17NO/c1-2-3-7-13-10-11-16-15(12-13)18-17(19-16)14-8-5-4-6-9-14/h4-6,8-12H,2-3,7H2,1H3. The van der Waals surface area contributed by atoms with Crippen molar-refractivity contribution in [3.05, 3.63) is 54.1 Å². The van der Waals surface area contributed by atoms with Crippen molar-refractivity contribution in [3.63, 3.8) is 0 Å². The maximum absolute atomic E-state index is 5.80. The Balaban J connectivity index is 1.97. The van der Waals surface area contributed by atoms with Gasteiger partial charge in [0.15, 0.2) is 5.58 Å². The first-order valence-corrected chi connectivity index (χ1v) is 6.81. The van der Waals surface area contributed by atoms with Crippen LogP contribution >= 0.6 is 0 Å². The van der Waals surface area contributed by atoms with Crippen LogP contribution in [0.25, 0.3) is 22.6 Å². The van der Waals surface area contributed by atoms with Crippen molar-refractivity contribution in [2.75, 3.05) is 0 Å². The minimum atomic E-state index is 0.697. The number of aromatic nitrogens is 1. The van der Waals surface area contributed by atoms with Crippen molar-refractivity contribution in [1.29, 1.82) is 0 Å². The van der Waals surface area contributed by atoms with E-state index in [9.17, 15) is 0 Å². The van der Waals surface area contributed by atoms with Gasteiger partial charge in [-0.15, -0.1) is 0 Å². The van der Waals surface area contributed by atoms with Gasteiger partial charge in [0.25, 0.3) is 0 Å². The Bertz CT molecular complexity index is 670. The maximum Gasteiger partial charge on any atom is 0.227 e. The van der Waals surface area contributed by atoms with E-state index in [1.54, 1.807) is 0 Å². The molecule has 1 aromatic heterocycles. The summed E-state index contributed by atoms with van der Waals surface area (Å²) in [5.41, 5.74) is 4.17. The molecule has 0 unspecified atom stereocenters. The lowest BCUT2D eigenvalue weighted by Crippen LogP contribution is -1.83. The number of benzene rings is 2. The van der Waals surface area contributed by atoms with Crippen molar-refractivity contribution < 1.29 is 4.42 Å². The SMILES string of the molecule is CCCCc1ccc2oc(-c3ccccc3)nc2c1. The second-order valence-electron chi connectivity index (χ2n) is 4.79. The zero-order chi connectivity index (χ0) is 13.1. The van der Waals surface area contributed by atoms with Gasteiger partial charge in [0.05, 0.1) is 0 Å². The van der Waals surface area contributed by atoms with Gasteiger partial charge in [0.2, 0.25) is 5.89 Å². The van der Waals surface area contributed by atoms with Crippen LogP contribution in [-0.2, 0) is 6.42 Å². The summed E-state index contributed by atoms with van der Waals surface area (Å²) in [5.74, 6) is 0.697. The zero-order valence-corrected chi connectivity index (χ0v) is 11.1. The smallest absolute Gasteiger partial charge is 0.227 e.